The molecule has 794 valence electrons. The molecule has 7 aliphatic heterocycles. The fourth-order valence-electron chi connectivity index (χ4n) is 15.7. The molecule has 0 aromatic heterocycles. The van der Waals surface area contributed by atoms with Gasteiger partial charge in [-0.2, -0.15) is 0 Å². The lowest BCUT2D eigenvalue weighted by atomic mass is 9.91. The summed E-state index contributed by atoms with van der Waals surface area (Å²) in [5, 5.41) is 186. The van der Waals surface area contributed by atoms with Crippen molar-refractivity contribution in [2.75, 3.05) is 59.5 Å². The molecule has 0 saturated carbocycles. The van der Waals surface area contributed by atoms with E-state index >= 15 is 0 Å². The van der Waals surface area contributed by atoms with Crippen molar-refractivity contribution in [1.82, 2.24) is 0 Å². The van der Waals surface area contributed by atoms with Crippen molar-refractivity contribution in [1.29, 1.82) is 0 Å². The molecule has 0 aliphatic carbocycles. The zero-order valence-corrected chi connectivity index (χ0v) is 80.2. The molecule has 0 amide bonds. The van der Waals surface area contributed by atoms with Gasteiger partial charge in [0.15, 0.2) is 55.9 Å². The van der Waals surface area contributed by atoms with Crippen molar-refractivity contribution in [3.63, 3.8) is 0 Å². The number of carbonyl (C=O) groups excluding carboxylic acids is 5. The zero-order chi connectivity index (χ0) is 102. The van der Waals surface area contributed by atoms with E-state index in [4.69, 9.17) is 101 Å². The molecule has 18 unspecified atom stereocenters. The number of rotatable bonds is 36. The smallest absolute Gasteiger partial charge is 0.338 e. The summed E-state index contributed by atoms with van der Waals surface area (Å²) in [6.07, 6.45) is -35.6. The summed E-state index contributed by atoms with van der Waals surface area (Å²) in [4.78, 5) is 68.7. The molecule has 7 aromatic carbocycles. The molecular formula is C101H131IO42. The highest BCUT2D eigenvalue weighted by Gasteiger charge is 2.57. The maximum Gasteiger partial charge on any atom is 0.338 e. The number of carbonyl (C=O) groups is 5. The normalized spacial score (nSPS) is 31.4. The number of hydrogen-bond donors (Lipinski definition) is 19. The van der Waals surface area contributed by atoms with Crippen LogP contribution in [-0.2, 0) is 98.5 Å². The second kappa shape index (κ2) is 58.9. The molecular weight excluding hydrogens is 2010 g/mol. The number of esters is 5. The number of benzene rings is 7. The zero-order valence-electron chi connectivity index (χ0n) is 77.9. The van der Waals surface area contributed by atoms with E-state index in [2.05, 4.69) is 0 Å². The molecule has 7 heterocycles. The van der Waals surface area contributed by atoms with Gasteiger partial charge in [0, 0.05) is 32.0 Å². The van der Waals surface area contributed by atoms with Gasteiger partial charge in [-0.25, -0.2) is 24.0 Å². The molecule has 0 spiro atoms. The maximum absolute atomic E-state index is 14.1. The fourth-order valence-corrected chi connectivity index (χ4v) is 15.7. The van der Waals surface area contributed by atoms with Crippen molar-refractivity contribution in [3.05, 3.63) is 275 Å². The lowest BCUT2D eigenvalue weighted by Gasteiger charge is -2.45. The van der Waals surface area contributed by atoms with Crippen LogP contribution in [0.15, 0.2) is 236 Å². The van der Waals surface area contributed by atoms with Gasteiger partial charge in [0.2, 0.25) is 18.7 Å². The Morgan fingerprint density at radius 3 is 1.15 bits per heavy atom. The molecule has 144 heavy (non-hydrogen) atoms. The molecule has 0 bridgehead atoms. The minimum absolute atomic E-state index is 0. The molecule has 14 rings (SSSR count). The third kappa shape index (κ3) is 32.8. The summed E-state index contributed by atoms with van der Waals surface area (Å²) in [6, 6.07) is 58.5. The van der Waals surface area contributed by atoms with Crippen LogP contribution in [0.5, 0.6) is 0 Å². The minimum atomic E-state index is -1.82. The monoisotopic (exact) mass is 2140 g/mol. The van der Waals surface area contributed by atoms with Crippen LogP contribution in [0.25, 0.3) is 0 Å². The van der Waals surface area contributed by atoms with Crippen molar-refractivity contribution in [3.8, 4) is 0 Å². The number of aliphatic hydroxyl groups is 19. The Morgan fingerprint density at radius 2 is 0.729 bits per heavy atom. The summed E-state index contributed by atoms with van der Waals surface area (Å²) in [5.74, 6) is -5.93. The van der Waals surface area contributed by atoms with Gasteiger partial charge in [-0.3, -0.25) is 0 Å². The van der Waals surface area contributed by atoms with Gasteiger partial charge in [0.25, 0.3) is 0 Å². The first-order valence-corrected chi connectivity index (χ1v) is 46.0. The predicted molar refractivity (Wildman–Crippen MR) is 510 cm³/mol. The van der Waals surface area contributed by atoms with Gasteiger partial charge in [-0.05, 0) is 83.9 Å². The topological polar surface area (TPSA) is 636 Å². The van der Waals surface area contributed by atoms with Crippen molar-refractivity contribution >= 4 is 53.8 Å². The molecule has 19 N–H and O–H groups in total. The summed E-state index contributed by atoms with van der Waals surface area (Å²) in [5.41, 5.74) is 2.36. The van der Waals surface area contributed by atoms with Crippen LogP contribution in [0.3, 0.4) is 0 Å². The largest absolute Gasteiger partial charge is 0.464 e. The Morgan fingerprint density at radius 1 is 0.368 bits per heavy atom. The van der Waals surface area contributed by atoms with Gasteiger partial charge in [0.1, 0.15) is 73.6 Å². The van der Waals surface area contributed by atoms with Crippen LogP contribution in [0.2, 0.25) is 0 Å². The lowest BCUT2D eigenvalue weighted by Crippen LogP contribution is -2.63. The van der Waals surface area contributed by atoms with E-state index < -0.39 is 258 Å². The number of halogens is 1. The van der Waals surface area contributed by atoms with Gasteiger partial charge in [-0.1, -0.05) is 180 Å². The first kappa shape index (κ1) is 118. The van der Waals surface area contributed by atoms with Crippen LogP contribution in [0.1, 0.15) is 105 Å². The second-order valence-electron chi connectivity index (χ2n) is 34.2. The van der Waals surface area contributed by atoms with Crippen LogP contribution < -0.4 is 0 Å². The van der Waals surface area contributed by atoms with Crippen LogP contribution in [-0.4, -0.2) is 371 Å². The lowest BCUT2D eigenvalue weighted by molar-refractivity contribution is -0.332. The molecule has 0 radical (unpaired) electrons. The Bertz CT molecular complexity index is 4940. The summed E-state index contributed by atoms with van der Waals surface area (Å²) in [7, 11) is 0. The van der Waals surface area contributed by atoms with Gasteiger partial charge < -0.3 is 182 Å². The molecule has 7 aromatic rings. The highest BCUT2D eigenvalue weighted by molar-refractivity contribution is 14.0. The molecule has 5 fully saturated rings. The standard InChI is InChI=1S/C54H46O15.C20H28O9.C13H24O9.C13H26O9.CH4.HI.H2/c55-44-42(31-41(33-61-48(56)36-21-9-2-10-22-36)64-53(44)63-32-35-19-7-1-8-20-35)65-54-47(69-52(60)40-29-17-6-18-30-40)46(68-51(59)39-27-15-5-16-28-39)45(67-50(58)38-25-13-4-14-26-38)43(66-54)34-62-49(57)37-23-11-3-12-24-37;1-11-15(9-22)29-20(18(25)16(11)23)28-14-7-13(8-21)27-19(17(14)24)26-10-12-5-3-2-4-6-12;1-5-8(4-15)22-13(11(18)9(5)16)21-7-2-6(3-14)20-12(19)10(7)17;1-6-10(5-16)22-13(12(20)11(6)19)21-9(8(18)4-15)2-7(17)3-14;;;/h1-31,41,43-47,53-55H,32-34H2;2-7,11,13,15-25H,8-10H2,1H3;5-19H,2-4H2,1H3;6-20H,2-5H2,1H3;1H4;2*1H/t41?,43?,44?,45-,46+,47?,53-,54-;11-,13?,15?,16+,17?,18?,19-,20-;5-,6?,7+,8?,9+,10?,11?,12?,13-;6-,7?,8?,9?,10?,11+,12?,13-;;;/m1111.../s1. The quantitative estimate of drug-likeness (QED) is 0.0150. The Balaban J connectivity index is 0.000000276. The van der Waals surface area contributed by atoms with Crippen LogP contribution >= 0.6 is 24.0 Å². The summed E-state index contributed by atoms with van der Waals surface area (Å²) < 4.78 is 104. The Labute approximate surface area is 847 Å². The number of aliphatic hydroxyl groups excluding tert-OH is 19. The van der Waals surface area contributed by atoms with E-state index in [1.165, 1.54) is 60.7 Å². The molecule has 5 saturated heterocycles. The average Bonchev–Trinajstić information content (AvgIpc) is 0.766. The van der Waals surface area contributed by atoms with Gasteiger partial charge in [0.05, 0.1) is 148 Å². The van der Waals surface area contributed by atoms with E-state index in [0.717, 1.165) is 11.1 Å². The van der Waals surface area contributed by atoms with Crippen LogP contribution in [0.4, 0.5) is 0 Å². The fraction of sp³-hybridized carbons (Fsp3) is 0.495. The maximum atomic E-state index is 14.1. The summed E-state index contributed by atoms with van der Waals surface area (Å²) >= 11 is 0. The third-order valence-corrected chi connectivity index (χ3v) is 24.1. The Hall–Kier alpha value is -9.50. The first-order valence-electron chi connectivity index (χ1n) is 46.0. The second-order valence-corrected chi connectivity index (χ2v) is 34.2. The van der Waals surface area contributed by atoms with E-state index in [-0.39, 0.29) is 131 Å². The average molecular weight is 2140 g/mol. The van der Waals surface area contributed by atoms with Crippen LogP contribution in [0, 0.1) is 17.8 Å². The molecule has 7 aliphatic rings. The van der Waals surface area contributed by atoms with E-state index in [1.807, 2.05) is 60.7 Å². The minimum Gasteiger partial charge on any atom is -0.464 e. The van der Waals surface area contributed by atoms with Gasteiger partial charge >= 0.3 is 29.8 Å². The number of hydrogen-bond acceptors (Lipinski definition) is 42. The summed E-state index contributed by atoms with van der Waals surface area (Å²) in [6.45, 7) is 0.937. The van der Waals surface area contributed by atoms with E-state index in [0.29, 0.717) is 0 Å². The van der Waals surface area contributed by atoms with Gasteiger partial charge in [-0.15, -0.1) is 24.0 Å². The first-order chi connectivity index (χ1) is 68.4. The SMILES string of the molecule is C.C[C@@H]1C(CO)O[C@@H](OC(CC(O)CO)C(O)CO)C(O)[C@H]1O.C[C@@H]1C(CO)O[C@@H](OC2=CC(CO)O[C@@H](OCc3ccccc3)C2O)C(O)[C@H]1O.C[C@@H]1C(CO)O[C@@H](O[C@H]2CC(CO)OC(O)C2O)C(O)[C@H]1O.I.O=C(OCC1C=C(O[C@@H]2OC(COC(=O)c3ccccc3)[C@@H](OC(=O)c3ccccc3)[C@H](OC(=O)c3ccccc3)C2OC(=O)c2ccccc2)C(O)[C@H](OCc2ccccc2)O1)c1ccccc1.[HH]. The Kier molecular flexibility index (Phi) is 48.3. The predicted octanol–water partition coefficient (Wildman–Crippen LogP) is 1.51. The van der Waals surface area contributed by atoms with E-state index in [9.17, 15) is 106 Å². The van der Waals surface area contributed by atoms with Crippen molar-refractivity contribution in [2.24, 2.45) is 17.8 Å². The molecule has 43 heteroatoms. The highest BCUT2D eigenvalue weighted by atomic mass is 127. The number of ether oxygens (including phenoxy) is 18. The van der Waals surface area contributed by atoms with Crippen molar-refractivity contribution < 1.29 is 208 Å². The molecule has 33 atom stereocenters. The molecule has 42 nitrogen and oxygen atoms in total. The third-order valence-electron chi connectivity index (χ3n) is 24.1. The van der Waals surface area contributed by atoms with E-state index in [1.54, 1.807) is 124 Å². The van der Waals surface area contributed by atoms with Crippen molar-refractivity contribution in [2.45, 2.75) is 239 Å². The highest BCUT2D eigenvalue weighted by Crippen LogP contribution is 2.39.